The summed E-state index contributed by atoms with van der Waals surface area (Å²) in [7, 11) is 1.62. The Balaban J connectivity index is 1.47. The van der Waals surface area contributed by atoms with Crippen molar-refractivity contribution in [2.24, 2.45) is 0 Å². The Labute approximate surface area is 175 Å². The number of amides is 2. The van der Waals surface area contributed by atoms with Gasteiger partial charge in [-0.1, -0.05) is 6.07 Å². The number of rotatable bonds is 8. The summed E-state index contributed by atoms with van der Waals surface area (Å²) in [5.41, 5.74) is 2.14. The average molecular weight is 414 g/mol. The van der Waals surface area contributed by atoms with Crippen LogP contribution in [0.3, 0.4) is 0 Å². The van der Waals surface area contributed by atoms with E-state index in [4.69, 9.17) is 4.74 Å². The molecule has 0 atom stereocenters. The number of carbonyl (C=O) groups excluding carboxylic acids is 2. The fourth-order valence-electron chi connectivity index (χ4n) is 3.31. The Morgan fingerprint density at radius 3 is 2.47 bits per heavy atom. The van der Waals surface area contributed by atoms with Crippen molar-refractivity contribution in [3.63, 3.8) is 0 Å². The maximum atomic E-state index is 13.4. The van der Waals surface area contributed by atoms with E-state index in [9.17, 15) is 14.0 Å². The van der Waals surface area contributed by atoms with Gasteiger partial charge in [-0.15, -0.1) is 0 Å². The van der Waals surface area contributed by atoms with Gasteiger partial charge in [-0.3, -0.25) is 9.59 Å². The number of methoxy groups -OCH3 is 1. The average Bonchev–Trinajstić information content (AvgIpc) is 2.77. The van der Waals surface area contributed by atoms with Crippen LogP contribution in [0.4, 0.5) is 15.8 Å². The highest BCUT2D eigenvalue weighted by Gasteiger charge is 2.22. The Kier molecular flexibility index (Phi) is 7.75. The third-order valence-corrected chi connectivity index (χ3v) is 4.92. The first kappa shape index (κ1) is 21.7. The third-order valence-electron chi connectivity index (χ3n) is 4.92. The molecule has 0 saturated carbocycles. The van der Waals surface area contributed by atoms with Crippen molar-refractivity contribution in [1.82, 2.24) is 10.2 Å². The molecule has 0 unspecified atom stereocenters. The van der Waals surface area contributed by atoms with Crippen LogP contribution >= 0.6 is 0 Å². The lowest BCUT2D eigenvalue weighted by atomic mass is 10.1. The number of hydrogen-bond donors (Lipinski definition) is 2. The predicted molar refractivity (Wildman–Crippen MR) is 114 cm³/mol. The lowest BCUT2D eigenvalue weighted by Crippen LogP contribution is -2.48. The van der Waals surface area contributed by atoms with Gasteiger partial charge in [0.05, 0.1) is 13.2 Å². The number of ether oxygens (including phenoxy) is 1. The van der Waals surface area contributed by atoms with Gasteiger partial charge in [0.2, 0.25) is 5.91 Å². The molecule has 0 aliphatic carbocycles. The molecule has 0 spiro atoms. The van der Waals surface area contributed by atoms with Crippen LogP contribution in [0.25, 0.3) is 0 Å². The van der Waals surface area contributed by atoms with Gasteiger partial charge in [-0.2, -0.15) is 0 Å². The largest absolute Gasteiger partial charge is 0.383 e. The van der Waals surface area contributed by atoms with Crippen LogP contribution in [-0.2, 0) is 9.53 Å². The smallest absolute Gasteiger partial charge is 0.254 e. The molecule has 1 fully saturated rings. The van der Waals surface area contributed by atoms with E-state index in [1.165, 1.54) is 12.1 Å². The first-order chi connectivity index (χ1) is 14.6. The third kappa shape index (κ3) is 6.01. The summed E-state index contributed by atoms with van der Waals surface area (Å²) in [5.74, 6) is -0.660. The van der Waals surface area contributed by atoms with Crippen molar-refractivity contribution in [1.29, 1.82) is 0 Å². The van der Waals surface area contributed by atoms with Crippen LogP contribution in [0.5, 0.6) is 0 Å². The van der Waals surface area contributed by atoms with Gasteiger partial charge in [-0.05, 0) is 42.5 Å². The predicted octanol–water partition coefficient (Wildman–Crippen LogP) is 1.96. The van der Waals surface area contributed by atoms with E-state index in [0.717, 1.165) is 11.4 Å². The molecule has 1 saturated heterocycles. The van der Waals surface area contributed by atoms with Crippen LogP contribution in [-0.4, -0.2) is 69.7 Å². The van der Waals surface area contributed by atoms with Crippen LogP contribution in [0.2, 0.25) is 0 Å². The fraction of sp³-hybridized carbons (Fsp3) is 0.364. The number of hydrogen-bond acceptors (Lipinski definition) is 5. The molecule has 0 radical (unpaired) electrons. The van der Waals surface area contributed by atoms with E-state index < -0.39 is 5.82 Å². The maximum Gasteiger partial charge on any atom is 0.254 e. The van der Waals surface area contributed by atoms with E-state index in [1.807, 2.05) is 24.3 Å². The summed E-state index contributed by atoms with van der Waals surface area (Å²) in [6.45, 7) is 3.93. The normalized spacial score (nSPS) is 13.9. The zero-order valence-corrected chi connectivity index (χ0v) is 17.1. The molecule has 7 nitrogen and oxygen atoms in total. The molecule has 1 aliphatic rings. The Bertz CT molecular complexity index is 852. The number of piperazine rings is 1. The molecule has 1 heterocycles. The van der Waals surface area contributed by atoms with Crippen molar-refractivity contribution >= 4 is 23.2 Å². The van der Waals surface area contributed by atoms with E-state index in [2.05, 4.69) is 15.5 Å². The summed E-state index contributed by atoms with van der Waals surface area (Å²) in [5, 5.41) is 5.85. The van der Waals surface area contributed by atoms with E-state index >= 15 is 0 Å². The second-order valence-corrected chi connectivity index (χ2v) is 7.05. The fourth-order valence-corrected chi connectivity index (χ4v) is 3.31. The monoisotopic (exact) mass is 414 g/mol. The van der Waals surface area contributed by atoms with Gasteiger partial charge in [0.25, 0.3) is 5.91 Å². The maximum absolute atomic E-state index is 13.4. The van der Waals surface area contributed by atoms with Gasteiger partial charge in [-0.25, -0.2) is 4.39 Å². The molecular weight excluding hydrogens is 387 g/mol. The molecular formula is C22H27FN4O3. The second-order valence-electron chi connectivity index (χ2n) is 7.05. The number of benzene rings is 2. The minimum Gasteiger partial charge on any atom is -0.383 e. The van der Waals surface area contributed by atoms with Crippen molar-refractivity contribution in [3.8, 4) is 0 Å². The van der Waals surface area contributed by atoms with Crippen LogP contribution in [0, 0.1) is 5.82 Å². The first-order valence-corrected chi connectivity index (χ1v) is 9.96. The second kappa shape index (κ2) is 10.7. The Hall–Kier alpha value is -2.97. The lowest BCUT2D eigenvalue weighted by molar-refractivity contribution is -0.115. The summed E-state index contributed by atoms with van der Waals surface area (Å²) in [6, 6.07) is 13.4. The van der Waals surface area contributed by atoms with Gasteiger partial charge < -0.3 is 25.2 Å². The SMILES string of the molecule is COCCNCC(=O)Nc1ccc(N2CCN(C(=O)c3cccc(F)c3)CC2)cc1. The Morgan fingerprint density at radius 2 is 1.80 bits per heavy atom. The number of nitrogens with zero attached hydrogens (tertiary/aromatic N) is 2. The summed E-state index contributed by atoms with van der Waals surface area (Å²) < 4.78 is 18.3. The summed E-state index contributed by atoms with van der Waals surface area (Å²) >= 11 is 0. The highest BCUT2D eigenvalue weighted by molar-refractivity contribution is 5.94. The minimum atomic E-state index is -0.405. The standard InChI is InChI=1S/C22H27FN4O3/c1-30-14-9-24-16-21(28)25-19-5-7-20(8-6-19)26-10-12-27(13-11-26)22(29)17-3-2-4-18(23)15-17/h2-8,15,24H,9-14,16H2,1H3,(H,25,28). The molecule has 0 bridgehead atoms. The molecule has 0 aromatic heterocycles. The van der Waals surface area contributed by atoms with E-state index in [1.54, 1.807) is 24.1 Å². The first-order valence-electron chi connectivity index (χ1n) is 9.96. The van der Waals surface area contributed by atoms with Gasteiger partial charge in [0.1, 0.15) is 5.82 Å². The molecule has 30 heavy (non-hydrogen) atoms. The minimum absolute atomic E-state index is 0.108. The quantitative estimate of drug-likeness (QED) is 0.646. The highest BCUT2D eigenvalue weighted by atomic mass is 19.1. The van der Waals surface area contributed by atoms with Crippen molar-refractivity contribution < 1.29 is 18.7 Å². The molecule has 2 amide bonds. The molecule has 8 heteroatoms. The molecule has 160 valence electrons. The summed E-state index contributed by atoms with van der Waals surface area (Å²) in [4.78, 5) is 28.4. The van der Waals surface area contributed by atoms with Crippen molar-refractivity contribution in [3.05, 3.63) is 59.9 Å². The zero-order chi connectivity index (χ0) is 21.3. The van der Waals surface area contributed by atoms with Crippen molar-refractivity contribution in [2.75, 3.05) is 63.2 Å². The molecule has 2 aromatic carbocycles. The van der Waals surface area contributed by atoms with Crippen LogP contribution in [0.1, 0.15) is 10.4 Å². The van der Waals surface area contributed by atoms with E-state index in [0.29, 0.717) is 44.9 Å². The van der Waals surface area contributed by atoms with Gasteiger partial charge in [0.15, 0.2) is 0 Å². The number of nitrogens with one attached hydrogen (secondary N) is 2. The topological polar surface area (TPSA) is 73.9 Å². The van der Waals surface area contributed by atoms with Crippen LogP contribution in [0.15, 0.2) is 48.5 Å². The highest BCUT2D eigenvalue weighted by Crippen LogP contribution is 2.20. The number of halogens is 1. The van der Waals surface area contributed by atoms with Crippen molar-refractivity contribution in [2.45, 2.75) is 0 Å². The summed E-state index contributed by atoms with van der Waals surface area (Å²) in [6.07, 6.45) is 0. The molecule has 2 N–H and O–H groups in total. The Morgan fingerprint density at radius 1 is 1.07 bits per heavy atom. The lowest BCUT2D eigenvalue weighted by Gasteiger charge is -2.36. The van der Waals surface area contributed by atoms with Gasteiger partial charge in [0, 0.05) is 56.8 Å². The number of anilines is 2. The zero-order valence-electron chi connectivity index (χ0n) is 17.1. The van der Waals surface area contributed by atoms with Gasteiger partial charge >= 0.3 is 0 Å². The van der Waals surface area contributed by atoms with E-state index in [-0.39, 0.29) is 18.4 Å². The molecule has 1 aliphatic heterocycles. The number of carbonyl (C=O) groups is 2. The van der Waals surface area contributed by atoms with Crippen LogP contribution < -0.4 is 15.5 Å². The molecule has 2 aromatic rings. The molecule has 3 rings (SSSR count).